The molecule has 3 fully saturated rings. The van der Waals surface area contributed by atoms with Crippen molar-refractivity contribution >= 4 is 51.9 Å². The van der Waals surface area contributed by atoms with Gasteiger partial charge in [0.1, 0.15) is 0 Å². The SMILES string of the molecule is CCCN1CCN(c2cccc(C(F)(F)F)c2Cl)CC1.CCN1CCN(c2cccc(C(F)(F)F)c2Cl)CC1.COCCN1CCN(c2cccc(C(F)(F)F)c2Cl)CC1. The van der Waals surface area contributed by atoms with Crippen molar-refractivity contribution in [3.8, 4) is 0 Å². The Morgan fingerprint density at radius 3 is 1.03 bits per heavy atom. The molecule has 0 radical (unpaired) electrons. The van der Waals surface area contributed by atoms with Crippen molar-refractivity contribution in [1.29, 1.82) is 0 Å². The average Bonchev–Trinajstić information content (AvgIpc) is 3.20. The van der Waals surface area contributed by atoms with Crippen LogP contribution < -0.4 is 14.7 Å². The second-order valence-electron chi connectivity index (χ2n) is 14.5. The number of hydrogen-bond donors (Lipinski definition) is 0. The zero-order valence-corrected chi connectivity index (χ0v) is 36.1. The fourth-order valence-corrected chi connectivity index (χ4v) is 8.27. The highest BCUT2D eigenvalue weighted by Gasteiger charge is 2.37. The summed E-state index contributed by atoms with van der Waals surface area (Å²) in [5.74, 6) is 0. The van der Waals surface area contributed by atoms with Crippen LogP contribution in [0.4, 0.5) is 56.6 Å². The molecular weight excluding hydrogens is 870 g/mol. The molecule has 0 aromatic heterocycles. The van der Waals surface area contributed by atoms with Crippen LogP contribution in [-0.2, 0) is 23.3 Å². The molecule has 3 aromatic carbocycles. The third kappa shape index (κ3) is 13.8. The smallest absolute Gasteiger partial charge is 0.383 e. The minimum atomic E-state index is -4.42. The monoisotopic (exact) mass is 920 g/mol. The highest BCUT2D eigenvalue weighted by molar-refractivity contribution is 6.35. The lowest BCUT2D eigenvalue weighted by molar-refractivity contribution is -0.138. The van der Waals surface area contributed by atoms with Crippen molar-refractivity contribution in [1.82, 2.24) is 14.7 Å². The molecule has 19 heteroatoms. The number of piperazine rings is 3. The van der Waals surface area contributed by atoms with Gasteiger partial charge in [-0.05, 0) is 55.9 Å². The second-order valence-corrected chi connectivity index (χ2v) is 15.6. The molecule has 3 aliphatic heterocycles. The van der Waals surface area contributed by atoms with Crippen molar-refractivity contribution in [3.63, 3.8) is 0 Å². The first kappa shape index (κ1) is 49.8. The molecule has 6 rings (SSSR count). The molecule has 3 aromatic rings. The Morgan fingerprint density at radius 1 is 0.467 bits per heavy atom. The molecule has 0 amide bonds. The molecule has 0 N–H and O–H groups in total. The molecule has 0 bridgehead atoms. The predicted octanol–water partition coefficient (Wildman–Crippen LogP) is 10.5. The number of alkyl halides is 9. The van der Waals surface area contributed by atoms with Gasteiger partial charge in [0.05, 0.1) is 55.4 Å². The Morgan fingerprint density at radius 2 is 0.767 bits per heavy atom. The summed E-state index contributed by atoms with van der Waals surface area (Å²) >= 11 is 17.8. The Balaban J connectivity index is 0.000000199. The Bertz CT molecular complexity index is 1780. The van der Waals surface area contributed by atoms with E-state index < -0.39 is 35.2 Å². The van der Waals surface area contributed by atoms with Gasteiger partial charge in [0.15, 0.2) is 0 Å². The van der Waals surface area contributed by atoms with E-state index in [2.05, 4.69) is 28.5 Å². The van der Waals surface area contributed by atoms with E-state index in [0.29, 0.717) is 62.9 Å². The molecule has 0 unspecified atom stereocenters. The van der Waals surface area contributed by atoms with Crippen molar-refractivity contribution in [2.75, 3.05) is 127 Å². The van der Waals surface area contributed by atoms with Gasteiger partial charge in [-0.25, -0.2) is 0 Å². The van der Waals surface area contributed by atoms with Crippen LogP contribution in [0.15, 0.2) is 54.6 Å². The third-order valence-electron chi connectivity index (χ3n) is 10.6. The molecule has 0 spiro atoms. The number of halogens is 12. The zero-order chi connectivity index (χ0) is 44.3. The maximum Gasteiger partial charge on any atom is 0.417 e. The van der Waals surface area contributed by atoms with E-state index in [1.807, 2.05) is 14.7 Å². The van der Waals surface area contributed by atoms with Gasteiger partial charge < -0.3 is 24.3 Å². The maximum absolute atomic E-state index is 12.9. The van der Waals surface area contributed by atoms with Crippen LogP contribution in [0.25, 0.3) is 0 Å². The van der Waals surface area contributed by atoms with Crippen LogP contribution in [-0.4, -0.2) is 127 Å². The predicted molar refractivity (Wildman–Crippen MR) is 223 cm³/mol. The maximum atomic E-state index is 12.9. The number of likely N-dealkylation sites (N-methyl/N-ethyl adjacent to an activating group) is 1. The number of hydrogen-bond acceptors (Lipinski definition) is 7. The summed E-state index contributed by atoms with van der Waals surface area (Å²) in [6.45, 7) is 16.8. The van der Waals surface area contributed by atoms with Gasteiger partial charge in [-0.15, -0.1) is 0 Å². The standard InChI is InChI=1S/C14H18ClF3N2O.C14H18ClF3N2.C13H16ClF3N2/c1-21-10-9-19-5-7-20(8-6-19)12-4-2-3-11(13(12)15)14(16,17)18;1-2-6-19-7-9-20(10-8-19)12-5-3-4-11(13(12)15)14(16,17)18;1-2-18-6-8-19(9-7-18)11-5-3-4-10(12(11)14)13(15,16)17/h2-4H,5-10H2,1H3;3-5H,2,6-10H2,1H3;3-5H,2,6-9H2,1H3. The average molecular weight is 922 g/mol. The summed E-state index contributed by atoms with van der Waals surface area (Å²) in [5.41, 5.74) is -0.872. The third-order valence-corrected chi connectivity index (χ3v) is 11.8. The van der Waals surface area contributed by atoms with Gasteiger partial charge in [-0.2, -0.15) is 39.5 Å². The van der Waals surface area contributed by atoms with E-state index in [1.165, 1.54) is 18.2 Å². The molecular formula is C41H52Cl3F9N6O. The van der Waals surface area contributed by atoms with Crippen molar-refractivity contribution in [2.45, 2.75) is 38.8 Å². The van der Waals surface area contributed by atoms with Gasteiger partial charge in [-0.3, -0.25) is 9.80 Å². The fourth-order valence-electron chi connectivity index (χ4n) is 7.22. The van der Waals surface area contributed by atoms with Crippen molar-refractivity contribution in [3.05, 3.63) is 86.4 Å². The van der Waals surface area contributed by atoms with E-state index in [0.717, 1.165) is 83.5 Å². The number of rotatable bonds is 9. The van der Waals surface area contributed by atoms with Crippen LogP contribution in [0, 0.1) is 0 Å². The Labute approximate surface area is 361 Å². The largest absolute Gasteiger partial charge is 0.417 e. The minimum Gasteiger partial charge on any atom is -0.383 e. The Kier molecular flexibility index (Phi) is 18.7. The topological polar surface area (TPSA) is 28.7 Å². The molecule has 0 aliphatic carbocycles. The minimum absolute atomic E-state index is 0.191. The van der Waals surface area contributed by atoms with Gasteiger partial charge in [0.25, 0.3) is 0 Å². The van der Waals surface area contributed by atoms with Gasteiger partial charge in [-0.1, -0.05) is 66.8 Å². The molecule has 7 nitrogen and oxygen atoms in total. The highest BCUT2D eigenvalue weighted by Crippen LogP contribution is 2.42. The normalized spacial score (nSPS) is 17.6. The molecule has 60 heavy (non-hydrogen) atoms. The summed E-state index contributed by atoms with van der Waals surface area (Å²) in [5, 5.41) is -0.598. The molecule has 336 valence electrons. The summed E-state index contributed by atoms with van der Waals surface area (Å²) in [6.07, 6.45) is -12.1. The van der Waals surface area contributed by atoms with Crippen molar-refractivity contribution in [2.24, 2.45) is 0 Å². The van der Waals surface area contributed by atoms with E-state index in [1.54, 1.807) is 25.3 Å². The fraction of sp³-hybridized carbons (Fsp3) is 0.561. The van der Waals surface area contributed by atoms with Gasteiger partial charge >= 0.3 is 18.5 Å². The van der Waals surface area contributed by atoms with Crippen LogP contribution in [0.5, 0.6) is 0 Å². The summed E-state index contributed by atoms with van der Waals surface area (Å²) in [4.78, 5) is 12.6. The van der Waals surface area contributed by atoms with E-state index in [4.69, 9.17) is 39.5 Å². The lowest BCUT2D eigenvalue weighted by atomic mass is 10.1. The molecule has 3 aliphatic rings. The van der Waals surface area contributed by atoms with E-state index in [9.17, 15) is 39.5 Å². The zero-order valence-electron chi connectivity index (χ0n) is 33.8. The summed E-state index contributed by atoms with van der Waals surface area (Å²) in [7, 11) is 1.65. The van der Waals surface area contributed by atoms with Crippen LogP contribution in [0.1, 0.15) is 37.0 Å². The first-order chi connectivity index (χ1) is 28.3. The highest BCUT2D eigenvalue weighted by atomic mass is 35.5. The number of methoxy groups -OCH3 is 1. The molecule has 0 atom stereocenters. The van der Waals surface area contributed by atoms with E-state index in [-0.39, 0.29) is 15.1 Å². The van der Waals surface area contributed by atoms with Crippen molar-refractivity contribution < 1.29 is 44.3 Å². The number of anilines is 3. The summed E-state index contributed by atoms with van der Waals surface area (Å²) < 4.78 is 121. The first-order valence-corrected chi connectivity index (χ1v) is 20.9. The first-order valence-electron chi connectivity index (χ1n) is 19.8. The van der Waals surface area contributed by atoms with Gasteiger partial charge in [0, 0.05) is 92.2 Å². The molecule has 3 heterocycles. The second kappa shape index (κ2) is 22.5. The molecule has 3 saturated heterocycles. The van der Waals surface area contributed by atoms with Crippen LogP contribution >= 0.6 is 34.8 Å². The number of nitrogens with zero attached hydrogens (tertiary/aromatic N) is 6. The summed E-state index contributed by atoms with van der Waals surface area (Å²) in [6, 6.07) is 12.3. The lowest BCUT2D eigenvalue weighted by Gasteiger charge is -2.36. The number of benzene rings is 3. The van der Waals surface area contributed by atoms with Crippen LogP contribution in [0.3, 0.4) is 0 Å². The van der Waals surface area contributed by atoms with E-state index >= 15 is 0 Å². The quantitative estimate of drug-likeness (QED) is 0.198. The molecule has 0 saturated carbocycles. The lowest BCUT2D eigenvalue weighted by Crippen LogP contribution is -2.47. The number of ether oxygens (including phenoxy) is 1. The van der Waals surface area contributed by atoms with Gasteiger partial charge in [0.2, 0.25) is 0 Å². The Hall–Kier alpha value is -2.86. The van der Waals surface area contributed by atoms with Crippen LogP contribution in [0.2, 0.25) is 15.1 Å².